The molecule has 0 amide bonds. The second-order valence-electron chi connectivity index (χ2n) is 11.7. The Kier molecular flexibility index (Phi) is 25.2. The Hall–Kier alpha value is -1.04. The highest BCUT2D eigenvalue weighted by Gasteiger charge is 2.15. The van der Waals surface area contributed by atoms with Gasteiger partial charge in [0, 0.05) is 12.2 Å². The highest BCUT2D eigenvalue weighted by atomic mass is 19.1. The molecular weight excluding hydrogens is 488 g/mol. The lowest BCUT2D eigenvalue weighted by atomic mass is 9.91. The molecule has 1 saturated heterocycles. The van der Waals surface area contributed by atoms with Crippen LogP contribution in [0.15, 0.2) is 12.1 Å². The first kappa shape index (κ1) is 38.0. The van der Waals surface area contributed by atoms with Gasteiger partial charge in [-0.1, -0.05) is 93.4 Å². The van der Waals surface area contributed by atoms with Gasteiger partial charge in [0.2, 0.25) is 0 Å². The maximum Gasteiger partial charge on any atom is 0.129 e. The fourth-order valence-electron chi connectivity index (χ4n) is 4.67. The minimum atomic E-state index is -0.362. The molecule has 1 aromatic carbocycles. The van der Waals surface area contributed by atoms with Gasteiger partial charge in [0.15, 0.2) is 0 Å². The Morgan fingerprint density at radius 3 is 2.03 bits per heavy atom. The second-order valence-corrected chi connectivity index (χ2v) is 11.7. The van der Waals surface area contributed by atoms with Crippen molar-refractivity contribution in [2.75, 3.05) is 32.8 Å². The molecule has 2 unspecified atom stereocenters. The number of aryl methyl sites for hydroxylation is 1. The predicted molar refractivity (Wildman–Crippen MR) is 168 cm³/mol. The van der Waals surface area contributed by atoms with E-state index in [-0.39, 0.29) is 17.2 Å². The maximum absolute atomic E-state index is 14.2. The first-order valence-corrected chi connectivity index (χ1v) is 16.4. The number of benzene rings is 1. The van der Waals surface area contributed by atoms with E-state index in [1.54, 1.807) is 12.1 Å². The molecule has 1 aliphatic rings. The van der Waals surface area contributed by atoms with Gasteiger partial charge >= 0.3 is 0 Å². The first-order chi connectivity index (χ1) is 18.8. The Labute approximate surface area is 242 Å². The van der Waals surface area contributed by atoms with E-state index in [1.807, 2.05) is 6.92 Å². The lowest BCUT2D eigenvalue weighted by Gasteiger charge is -2.22. The van der Waals surface area contributed by atoms with E-state index in [4.69, 9.17) is 0 Å². The monoisotopic (exact) mass is 554 g/mol. The summed E-state index contributed by atoms with van der Waals surface area (Å²) in [6.07, 6.45) is 14.8. The maximum atomic E-state index is 14.2. The molecule has 0 bridgehead atoms. The van der Waals surface area contributed by atoms with Crippen LogP contribution in [0.3, 0.4) is 0 Å². The third kappa shape index (κ3) is 20.5. The van der Waals surface area contributed by atoms with Crippen LogP contribution in [0.4, 0.5) is 8.78 Å². The van der Waals surface area contributed by atoms with E-state index in [0.717, 1.165) is 75.9 Å². The highest BCUT2D eigenvalue weighted by Crippen LogP contribution is 2.23. The van der Waals surface area contributed by atoms with Gasteiger partial charge < -0.3 is 16.0 Å². The van der Waals surface area contributed by atoms with Crippen LogP contribution < -0.4 is 16.0 Å². The number of nitrogens with one attached hydrogen (secondary N) is 3. The summed E-state index contributed by atoms with van der Waals surface area (Å²) in [5.74, 6) is 1.34. The van der Waals surface area contributed by atoms with Crippen molar-refractivity contribution in [3.05, 3.63) is 34.9 Å². The summed E-state index contributed by atoms with van der Waals surface area (Å²) in [7, 11) is 0. The van der Waals surface area contributed by atoms with Crippen molar-refractivity contribution in [3.8, 4) is 0 Å². The fourth-order valence-corrected chi connectivity index (χ4v) is 4.67. The Bertz CT molecular complexity index is 653. The summed E-state index contributed by atoms with van der Waals surface area (Å²) in [6.45, 7) is 20.5. The van der Waals surface area contributed by atoms with Gasteiger partial charge in [-0.05, 0) is 100 Å². The molecule has 1 heterocycles. The molecule has 2 rings (SSSR count). The van der Waals surface area contributed by atoms with Crippen molar-refractivity contribution in [2.45, 2.75) is 132 Å². The minimum absolute atomic E-state index is 0.262. The zero-order chi connectivity index (χ0) is 29.3. The Balaban J connectivity index is 0.000000766. The van der Waals surface area contributed by atoms with Crippen LogP contribution in [0.1, 0.15) is 130 Å². The van der Waals surface area contributed by atoms with Crippen LogP contribution in [0.5, 0.6) is 0 Å². The minimum Gasteiger partial charge on any atom is -0.317 e. The number of rotatable bonds is 17. The number of piperidine rings is 1. The van der Waals surface area contributed by atoms with Crippen LogP contribution in [0, 0.1) is 29.4 Å². The third-order valence-electron chi connectivity index (χ3n) is 7.73. The second kappa shape index (κ2) is 25.9. The van der Waals surface area contributed by atoms with Gasteiger partial charge in [0.1, 0.15) is 11.6 Å². The number of hydrogen-bond donors (Lipinski definition) is 3. The quantitative estimate of drug-likeness (QED) is 0.133. The SMILES string of the molecule is CCC.CCC(C)Cc1c(F)cc(CCCCC2CCNCC2)cc1F.CCNCNCCCCC(C)CC. The molecule has 0 saturated carbocycles. The summed E-state index contributed by atoms with van der Waals surface area (Å²) in [6, 6.07) is 3.09. The van der Waals surface area contributed by atoms with E-state index in [0.29, 0.717) is 12.3 Å². The summed E-state index contributed by atoms with van der Waals surface area (Å²) in [4.78, 5) is 0. The average molecular weight is 554 g/mol. The molecule has 230 valence electrons. The Morgan fingerprint density at radius 2 is 1.46 bits per heavy atom. The summed E-state index contributed by atoms with van der Waals surface area (Å²) >= 11 is 0. The summed E-state index contributed by atoms with van der Waals surface area (Å²) in [5.41, 5.74) is 1.07. The molecular formula is C34H65F2N3. The Morgan fingerprint density at radius 1 is 0.846 bits per heavy atom. The third-order valence-corrected chi connectivity index (χ3v) is 7.73. The fraction of sp³-hybridized carbons (Fsp3) is 0.824. The van der Waals surface area contributed by atoms with Gasteiger partial charge in [-0.3, -0.25) is 0 Å². The van der Waals surface area contributed by atoms with Crippen molar-refractivity contribution in [2.24, 2.45) is 17.8 Å². The van der Waals surface area contributed by atoms with Crippen molar-refractivity contribution >= 4 is 0 Å². The lowest BCUT2D eigenvalue weighted by Crippen LogP contribution is -2.29. The van der Waals surface area contributed by atoms with Crippen LogP contribution in [0.25, 0.3) is 0 Å². The molecule has 0 aliphatic carbocycles. The molecule has 1 fully saturated rings. The molecule has 0 spiro atoms. The van der Waals surface area contributed by atoms with Crippen LogP contribution >= 0.6 is 0 Å². The highest BCUT2D eigenvalue weighted by molar-refractivity contribution is 5.26. The van der Waals surface area contributed by atoms with Gasteiger partial charge in [-0.15, -0.1) is 0 Å². The predicted octanol–water partition coefficient (Wildman–Crippen LogP) is 9.04. The first-order valence-electron chi connectivity index (χ1n) is 16.4. The molecule has 3 N–H and O–H groups in total. The van der Waals surface area contributed by atoms with Crippen molar-refractivity contribution in [3.63, 3.8) is 0 Å². The van der Waals surface area contributed by atoms with E-state index in [9.17, 15) is 8.78 Å². The lowest BCUT2D eigenvalue weighted by molar-refractivity contribution is 0.344. The van der Waals surface area contributed by atoms with Crippen LogP contribution in [0.2, 0.25) is 0 Å². The van der Waals surface area contributed by atoms with Gasteiger partial charge in [-0.2, -0.15) is 0 Å². The summed E-state index contributed by atoms with van der Waals surface area (Å²) in [5, 5.41) is 10.00. The van der Waals surface area contributed by atoms with Crippen LogP contribution in [-0.2, 0) is 12.8 Å². The molecule has 5 heteroatoms. The van der Waals surface area contributed by atoms with E-state index in [1.165, 1.54) is 51.4 Å². The summed E-state index contributed by atoms with van der Waals surface area (Å²) < 4.78 is 28.3. The number of halogens is 2. The van der Waals surface area contributed by atoms with Gasteiger partial charge in [0.25, 0.3) is 0 Å². The van der Waals surface area contributed by atoms with Crippen molar-refractivity contribution in [1.29, 1.82) is 0 Å². The molecule has 2 atom stereocenters. The number of hydrogen-bond acceptors (Lipinski definition) is 3. The van der Waals surface area contributed by atoms with Crippen LogP contribution in [-0.4, -0.2) is 32.8 Å². The molecule has 0 radical (unpaired) electrons. The smallest absolute Gasteiger partial charge is 0.129 e. The normalized spacial score (nSPS) is 15.1. The topological polar surface area (TPSA) is 36.1 Å². The van der Waals surface area contributed by atoms with Gasteiger partial charge in [-0.25, -0.2) is 8.78 Å². The largest absolute Gasteiger partial charge is 0.317 e. The van der Waals surface area contributed by atoms with E-state index < -0.39 is 0 Å². The van der Waals surface area contributed by atoms with Crippen molar-refractivity contribution < 1.29 is 8.78 Å². The van der Waals surface area contributed by atoms with Crippen molar-refractivity contribution in [1.82, 2.24) is 16.0 Å². The average Bonchev–Trinajstić information content (AvgIpc) is 2.93. The molecule has 1 aliphatic heterocycles. The number of unbranched alkanes of at least 4 members (excludes halogenated alkanes) is 2. The zero-order valence-corrected chi connectivity index (χ0v) is 26.9. The standard InChI is InChI=1S/C20H31F2N.C11H26N2.C3H8/c1-3-15(2)12-18-19(21)13-17(14-20(18)22)7-5-4-6-16-8-10-23-11-9-16;1-4-11(3)8-6-7-9-13-10-12-5-2;1-3-2/h13-16,23H,3-12H2,1-2H3;11-13H,4-10H2,1-3H3;3H2,1-2H3. The molecule has 0 aromatic heterocycles. The van der Waals surface area contributed by atoms with E-state index in [2.05, 4.69) is 57.5 Å². The van der Waals surface area contributed by atoms with Gasteiger partial charge in [0.05, 0.1) is 0 Å². The molecule has 39 heavy (non-hydrogen) atoms. The molecule has 1 aromatic rings. The zero-order valence-electron chi connectivity index (χ0n) is 26.9. The van der Waals surface area contributed by atoms with E-state index >= 15 is 0 Å². The molecule has 3 nitrogen and oxygen atoms in total.